The summed E-state index contributed by atoms with van der Waals surface area (Å²) in [6.45, 7) is 6.45. The summed E-state index contributed by atoms with van der Waals surface area (Å²) < 4.78 is 12.8. The number of aromatic nitrogens is 2. The van der Waals surface area contributed by atoms with Crippen LogP contribution in [0.2, 0.25) is 0 Å². The summed E-state index contributed by atoms with van der Waals surface area (Å²) in [4.78, 5) is 18.4. The largest absolute Gasteiger partial charge is 0.496 e. The number of hydrogen-bond acceptors (Lipinski definition) is 6. The molecule has 2 aromatic carbocycles. The quantitative estimate of drug-likeness (QED) is 0.165. The highest BCUT2D eigenvalue weighted by Gasteiger charge is 2.42. The van der Waals surface area contributed by atoms with E-state index in [-0.39, 0.29) is 22.7 Å². The third-order valence-electron chi connectivity index (χ3n) is 6.93. The van der Waals surface area contributed by atoms with E-state index in [2.05, 4.69) is 21.3 Å². The molecule has 9 nitrogen and oxygen atoms in total. The number of nitro groups is 1. The second kappa shape index (κ2) is 10.7. The lowest BCUT2D eigenvalue weighted by atomic mass is 9.96. The number of thiocarbonyl (C=S) groups is 1. The lowest BCUT2D eigenvalue weighted by molar-refractivity contribution is -0.384. The van der Waals surface area contributed by atoms with E-state index in [1.54, 1.807) is 18.3 Å². The van der Waals surface area contributed by atoms with Crippen LogP contribution < -0.4 is 19.7 Å². The van der Waals surface area contributed by atoms with Gasteiger partial charge in [0.2, 0.25) is 0 Å². The number of pyridine rings is 1. The fourth-order valence-corrected chi connectivity index (χ4v) is 5.59. The molecule has 0 saturated carbocycles. The highest BCUT2D eigenvalue weighted by atomic mass is 32.1. The third kappa shape index (κ3) is 4.79. The van der Waals surface area contributed by atoms with Crippen LogP contribution >= 0.6 is 12.2 Å². The van der Waals surface area contributed by atoms with Crippen LogP contribution in [0.4, 0.5) is 11.4 Å². The van der Waals surface area contributed by atoms with Gasteiger partial charge in [-0.05, 0) is 93.1 Å². The molecule has 39 heavy (non-hydrogen) atoms. The Kier molecular flexibility index (Phi) is 7.21. The van der Waals surface area contributed by atoms with Crippen LogP contribution in [0.15, 0.2) is 72.9 Å². The Morgan fingerprint density at radius 2 is 1.82 bits per heavy atom. The summed E-state index contributed by atoms with van der Waals surface area (Å²) in [7, 11) is 1.49. The monoisotopic (exact) mass is 543 g/mol. The Morgan fingerprint density at radius 3 is 2.46 bits per heavy atom. The summed E-state index contributed by atoms with van der Waals surface area (Å²) in [5, 5.41) is 16.1. The van der Waals surface area contributed by atoms with Crippen LogP contribution in [-0.4, -0.2) is 33.3 Å². The summed E-state index contributed by atoms with van der Waals surface area (Å²) in [5.41, 5.74) is 4.90. The molecule has 0 aliphatic carbocycles. The average Bonchev–Trinajstić information content (AvgIpc) is 3.44. The second-order valence-electron chi connectivity index (χ2n) is 9.20. The summed E-state index contributed by atoms with van der Waals surface area (Å²) >= 11 is 5.87. The first kappa shape index (κ1) is 26.2. The molecule has 0 spiro atoms. The molecule has 1 saturated heterocycles. The maximum Gasteiger partial charge on any atom is 0.296 e. The molecule has 2 atom stereocenters. The number of nitro benzene ring substituents is 1. The maximum absolute atomic E-state index is 12.0. The summed E-state index contributed by atoms with van der Waals surface area (Å²) in [5.74, 6) is 1.21. The Labute approximate surface area is 232 Å². The number of nitrogens with zero attached hydrogens (tertiary/aromatic N) is 4. The van der Waals surface area contributed by atoms with E-state index in [0.29, 0.717) is 23.2 Å². The van der Waals surface area contributed by atoms with Crippen LogP contribution in [0.25, 0.3) is 5.69 Å². The zero-order valence-corrected chi connectivity index (χ0v) is 22.9. The first-order chi connectivity index (χ1) is 18.8. The van der Waals surface area contributed by atoms with Crippen LogP contribution in [-0.2, 0) is 0 Å². The SMILES string of the molecule is CCOc1ccc(N2C(=S)N[C@H](c3ccccn3)[C@H]2c2cc(C)n(-c3ccc(OC)cc3[N+](=O)[O-])c2C)cc1. The molecule has 0 unspecified atom stereocenters. The highest BCUT2D eigenvalue weighted by Crippen LogP contribution is 2.44. The minimum Gasteiger partial charge on any atom is -0.496 e. The van der Waals surface area contributed by atoms with Gasteiger partial charge in [0.1, 0.15) is 17.2 Å². The van der Waals surface area contributed by atoms with E-state index in [9.17, 15) is 10.1 Å². The van der Waals surface area contributed by atoms with Crippen LogP contribution in [0.3, 0.4) is 0 Å². The van der Waals surface area contributed by atoms with Crippen molar-refractivity contribution in [2.24, 2.45) is 0 Å². The van der Waals surface area contributed by atoms with Crippen LogP contribution in [0.5, 0.6) is 11.5 Å². The number of ether oxygens (including phenoxy) is 2. The van der Waals surface area contributed by atoms with Gasteiger partial charge in [-0.1, -0.05) is 6.07 Å². The number of benzene rings is 2. The molecule has 5 rings (SSSR count). The van der Waals surface area contributed by atoms with Gasteiger partial charge in [0.05, 0.1) is 42.5 Å². The second-order valence-corrected chi connectivity index (χ2v) is 9.58. The average molecular weight is 544 g/mol. The molecule has 0 radical (unpaired) electrons. The molecular formula is C29H29N5O4S. The molecule has 2 aromatic heterocycles. The van der Waals surface area contributed by atoms with Gasteiger partial charge >= 0.3 is 0 Å². The van der Waals surface area contributed by atoms with Gasteiger partial charge in [-0.2, -0.15) is 0 Å². The third-order valence-corrected chi connectivity index (χ3v) is 7.25. The van der Waals surface area contributed by atoms with Crippen molar-refractivity contribution in [3.8, 4) is 17.2 Å². The van der Waals surface area contributed by atoms with E-state index in [1.165, 1.54) is 13.2 Å². The van der Waals surface area contributed by atoms with Gasteiger partial charge in [0, 0.05) is 23.3 Å². The van der Waals surface area contributed by atoms with Crippen molar-refractivity contribution in [1.82, 2.24) is 14.9 Å². The van der Waals surface area contributed by atoms with Gasteiger partial charge < -0.3 is 24.3 Å². The minimum atomic E-state index is -0.383. The number of aryl methyl sites for hydroxylation is 1. The predicted octanol–water partition coefficient (Wildman–Crippen LogP) is 5.98. The molecule has 1 N–H and O–H groups in total. The molecule has 200 valence electrons. The van der Waals surface area contributed by atoms with Gasteiger partial charge in [-0.25, -0.2) is 0 Å². The Hall–Kier alpha value is -4.44. The van der Waals surface area contributed by atoms with Crippen molar-refractivity contribution in [2.45, 2.75) is 32.9 Å². The fourth-order valence-electron chi connectivity index (χ4n) is 5.24. The van der Waals surface area contributed by atoms with Gasteiger partial charge in [0.15, 0.2) is 5.11 Å². The maximum atomic E-state index is 12.0. The van der Waals surface area contributed by atoms with Crippen molar-refractivity contribution >= 4 is 28.7 Å². The van der Waals surface area contributed by atoms with Crippen molar-refractivity contribution < 1.29 is 14.4 Å². The van der Waals surface area contributed by atoms with Gasteiger partial charge in [-0.3, -0.25) is 15.1 Å². The zero-order chi connectivity index (χ0) is 27.7. The highest BCUT2D eigenvalue weighted by molar-refractivity contribution is 7.80. The van der Waals surface area contributed by atoms with Crippen molar-refractivity contribution in [3.05, 3.63) is 106 Å². The minimum absolute atomic E-state index is 0.0348. The number of anilines is 1. The molecule has 0 amide bonds. The first-order valence-electron chi connectivity index (χ1n) is 12.6. The van der Waals surface area contributed by atoms with Gasteiger partial charge in [0.25, 0.3) is 5.69 Å². The van der Waals surface area contributed by atoms with Crippen LogP contribution in [0, 0.1) is 24.0 Å². The van der Waals surface area contributed by atoms with Gasteiger partial charge in [-0.15, -0.1) is 0 Å². The first-order valence-corrected chi connectivity index (χ1v) is 13.0. The number of rotatable bonds is 8. The number of nitrogens with one attached hydrogen (secondary N) is 1. The molecule has 10 heteroatoms. The smallest absolute Gasteiger partial charge is 0.296 e. The Bertz CT molecular complexity index is 1520. The number of hydrogen-bond donors (Lipinski definition) is 1. The predicted molar refractivity (Wildman–Crippen MR) is 154 cm³/mol. The lowest BCUT2D eigenvalue weighted by Crippen LogP contribution is -2.29. The normalized spacial score (nSPS) is 16.7. The molecule has 0 bridgehead atoms. The molecule has 1 aliphatic heterocycles. The fraction of sp³-hybridized carbons (Fsp3) is 0.241. The van der Waals surface area contributed by atoms with Crippen molar-refractivity contribution in [1.29, 1.82) is 0 Å². The Morgan fingerprint density at radius 1 is 1.08 bits per heavy atom. The molecule has 3 heterocycles. The van der Waals surface area contributed by atoms with E-state index in [0.717, 1.165) is 34.1 Å². The van der Waals surface area contributed by atoms with Crippen molar-refractivity contribution in [3.63, 3.8) is 0 Å². The van der Waals surface area contributed by atoms with E-state index in [1.807, 2.05) is 67.8 Å². The Balaban J connectivity index is 1.67. The molecule has 1 aliphatic rings. The van der Waals surface area contributed by atoms with Crippen molar-refractivity contribution in [2.75, 3.05) is 18.6 Å². The zero-order valence-electron chi connectivity index (χ0n) is 22.1. The standard InChI is InChI=1S/C29H29N5O4S/c1-5-38-21-11-9-20(10-12-21)33-28(27(31-29(33)39)24-8-6-7-15-30-24)23-16-18(2)32(19(23)3)25-14-13-22(37-4)17-26(25)34(35)36/h6-17,27-28H,5H2,1-4H3,(H,31,39)/t27-,28-/m1/s1. The van der Waals surface area contributed by atoms with E-state index >= 15 is 0 Å². The lowest BCUT2D eigenvalue weighted by Gasteiger charge is -2.28. The van der Waals surface area contributed by atoms with Crippen LogP contribution in [0.1, 0.15) is 41.7 Å². The summed E-state index contributed by atoms with van der Waals surface area (Å²) in [6, 6.07) is 20.1. The molecule has 1 fully saturated rings. The van der Waals surface area contributed by atoms with E-state index < -0.39 is 0 Å². The topological polar surface area (TPSA) is 94.7 Å². The molecular weight excluding hydrogens is 514 g/mol. The van der Waals surface area contributed by atoms with E-state index in [4.69, 9.17) is 21.7 Å². The molecule has 4 aromatic rings. The summed E-state index contributed by atoms with van der Waals surface area (Å²) in [6.07, 6.45) is 1.76. The number of methoxy groups -OCH3 is 1.